The van der Waals surface area contributed by atoms with Crippen molar-refractivity contribution < 1.29 is 14.7 Å². The van der Waals surface area contributed by atoms with Gasteiger partial charge in [-0.1, -0.05) is 6.92 Å². The van der Waals surface area contributed by atoms with Crippen LogP contribution in [0.2, 0.25) is 0 Å². The van der Waals surface area contributed by atoms with Gasteiger partial charge in [-0.15, -0.1) is 0 Å². The van der Waals surface area contributed by atoms with Crippen LogP contribution >= 0.6 is 0 Å². The molecule has 1 aromatic heterocycles. The number of nitrogens with zero attached hydrogens (tertiary/aromatic N) is 1. The summed E-state index contributed by atoms with van der Waals surface area (Å²) in [7, 11) is 0. The van der Waals surface area contributed by atoms with Crippen molar-refractivity contribution in [3.8, 4) is 0 Å². The van der Waals surface area contributed by atoms with Crippen LogP contribution in [0.3, 0.4) is 0 Å². The Hall–Kier alpha value is -1.65. The zero-order chi connectivity index (χ0) is 9.84. The predicted octanol–water partition coefficient (Wildman–Crippen LogP) is 0.703. The van der Waals surface area contributed by atoms with Gasteiger partial charge in [0.05, 0.1) is 0 Å². The molecule has 2 N–H and O–H groups in total. The summed E-state index contributed by atoms with van der Waals surface area (Å²) < 4.78 is 0. The molecule has 0 aliphatic heterocycles. The molecule has 5 nitrogen and oxygen atoms in total. The maximum Gasteiger partial charge on any atom is 0.314 e. The number of rotatable bonds is 4. The van der Waals surface area contributed by atoms with Gasteiger partial charge in [-0.05, 0) is 6.42 Å². The Bertz CT molecular complexity index is 305. The van der Waals surface area contributed by atoms with E-state index in [4.69, 9.17) is 5.11 Å². The molecule has 0 bridgehead atoms. The Morgan fingerprint density at radius 3 is 2.77 bits per heavy atom. The second kappa shape index (κ2) is 3.84. The topological polar surface area (TPSA) is 83.0 Å². The van der Waals surface area contributed by atoms with Crippen LogP contribution < -0.4 is 0 Å². The number of nitrogens with one attached hydrogen (secondary N) is 1. The zero-order valence-corrected chi connectivity index (χ0v) is 7.15. The highest BCUT2D eigenvalue weighted by Crippen LogP contribution is 2.08. The number of ketones is 1. The lowest BCUT2D eigenvalue weighted by atomic mass is 10.0. The van der Waals surface area contributed by atoms with Crippen molar-refractivity contribution in [2.45, 2.75) is 13.3 Å². The maximum absolute atomic E-state index is 11.4. The fourth-order valence-corrected chi connectivity index (χ4v) is 1.04. The minimum Gasteiger partial charge on any atom is -0.481 e. The molecule has 0 saturated carbocycles. The molecular weight excluding hydrogens is 172 g/mol. The molecule has 0 aliphatic rings. The fraction of sp³-hybridized carbons (Fsp3) is 0.375. The first-order chi connectivity index (χ1) is 6.16. The molecule has 0 amide bonds. The van der Waals surface area contributed by atoms with Crippen molar-refractivity contribution in [2.24, 2.45) is 5.92 Å². The first kappa shape index (κ1) is 9.44. The molecule has 1 atom stereocenters. The van der Waals surface area contributed by atoms with Crippen molar-refractivity contribution in [2.75, 3.05) is 0 Å². The number of carboxylic acids is 1. The van der Waals surface area contributed by atoms with Crippen LogP contribution in [0.5, 0.6) is 0 Å². The predicted molar refractivity (Wildman–Crippen MR) is 44.3 cm³/mol. The molecule has 1 heterocycles. The van der Waals surface area contributed by atoms with E-state index in [0.29, 0.717) is 0 Å². The van der Waals surface area contributed by atoms with E-state index in [2.05, 4.69) is 9.97 Å². The number of hydrogen-bond acceptors (Lipinski definition) is 3. The molecule has 1 rings (SSSR count). The molecule has 0 aliphatic carbocycles. The second-order valence-electron chi connectivity index (χ2n) is 2.60. The van der Waals surface area contributed by atoms with E-state index in [1.807, 2.05) is 0 Å². The highest BCUT2D eigenvalue weighted by Gasteiger charge is 2.26. The lowest BCUT2D eigenvalue weighted by molar-refractivity contribution is -0.140. The number of aromatic nitrogens is 2. The molecule has 0 spiro atoms. The Morgan fingerprint density at radius 1 is 1.69 bits per heavy atom. The van der Waals surface area contributed by atoms with Crippen LogP contribution in [-0.2, 0) is 4.79 Å². The number of carbonyl (C=O) groups is 2. The normalized spacial score (nSPS) is 12.4. The average molecular weight is 182 g/mol. The lowest BCUT2D eigenvalue weighted by Gasteiger charge is -2.05. The minimum atomic E-state index is -1.11. The summed E-state index contributed by atoms with van der Waals surface area (Å²) in [5.74, 6) is -2.47. The number of H-pyrrole nitrogens is 1. The molecule has 13 heavy (non-hydrogen) atoms. The molecule has 0 saturated heterocycles. The summed E-state index contributed by atoms with van der Waals surface area (Å²) in [5.41, 5.74) is 0. The standard InChI is InChI=1S/C8H10N2O3/c1-2-5(8(12)13)6(11)7-9-3-4-10-7/h3-5H,2H2,1H3,(H,9,10)(H,12,13). The number of carbonyl (C=O) groups excluding carboxylic acids is 1. The molecule has 0 fully saturated rings. The van der Waals surface area contributed by atoms with Crippen LogP contribution in [0.25, 0.3) is 0 Å². The third-order valence-electron chi connectivity index (χ3n) is 1.75. The number of Topliss-reactive ketones (excluding diaryl/α,β-unsaturated/α-hetero) is 1. The van der Waals surface area contributed by atoms with E-state index in [1.165, 1.54) is 12.4 Å². The summed E-state index contributed by atoms with van der Waals surface area (Å²) in [6.45, 7) is 1.65. The smallest absolute Gasteiger partial charge is 0.314 e. The van der Waals surface area contributed by atoms with Gasteiger partial charge in [0.2, 0.25) is 5.78 Å². The number of aromatic amines is 1. The van der Waals surface area contributed by atoms with E-state index in [0.717, 1.165) is 0 Å². The summed E-state index contributed by atoms with van der Waals surface area (Å²) in [6.07, 6.45) is 3.18. The molecule has 5 heteroatoms. The van der Waals surface area contributed by atoms with Gasteiger partial charge in [0, 0.05) is 12.4 Å². The van der Waals surface area contributed by atoms with Gasteiger partial charge < -0.3 is 10.1 Å². The van der Waals surface area contributed by atoms with Gasteiger partial charge >= 0.3 is 5.97 Å². The van der Waals surface area contributed by atoms with Gasteiger partial charge in [0.15, 0.2) is 5.82 Å². The summed E-state index contributed by atoms with van der Waals surface area (Å²) in [6, 6.07) is 0. The van der Waals surface area contributed by atoms with E-state index >= 15 is 0 Å². The lowest BCUT2D eigenvalue weighted by Crippen LogP contribution is -2.24. The zero-order valence-electron chi connectivity index (χ0n) is 7.15. The van der Waals surface area contributed by atoms with Gasteiger partial charge in [-0.3, -0.25) is 9.59 Å². The summed E-state index contributed by atoms with van der Waals surface area (Å²) in [4.78, 5) is 28.3. The molecule has 0 aromatic carbocycles. The first-order valence-electron chi connectivity index (χ1n) is 3.93. The van der Waals surface area contributed by atoms with Crippen LogP contribution in [0.1, 0.15) is 24.0 Å². The highest BCUT2D eigenvalue weighted by atomic mass is 16.4. The number of imidazole rings is 1. The monoisotopic (exact) mass is 182 g/mol. The number of hydrogen-bond donors (Lipinski definition) is 2. The van der Waals surface area contributed by atoms with Gasteiger partial charge in [0.25, 0.3) is 0 Å². The van der Waals surface area contributed by atoms with Gasteiger partial charge in [-0.25, -0.2) is 4.98 Å². The maximum atomic E-state index is 11.4. The van der Waals surface area contributed by atoms with E-state index < -0.39 is 17.7 Å². The van der Waals surface area contributed by atoms with Crippen LogP contribution in [-0.4, -0.2) is 26.8 Å². The molecular formula is C8H10N2O3. The number of carboxylic acid groups (broad SMARTS) is 1. The average Bonchev–Trinajstić information content (AvgIpc) is 2.56. The summed E-state index contributed by atoms with van der Waals surface area (Å²) in [5, 5.41) is 8.68. The van der Waals surface area contributed by atoms with E-state index in [-0.39, 0.29) is 12.2 Å². The Labute approximate surface area is 74.8 Å². The second-order valence-corrected chi connectivity index (χ2v) is 2.60. The van der Waals surface area contributed by atoms with Crippen molar-refractivity contribution in [3.05, 3.63) is 18.2 Å². The fourth-order valence-electron chi connectivity index (χ4n) is 1.04. The van der Waals surface area contributed by atoms with E-state index in [1.54, 1.807) is 6.92 Å². The van der Waals surface area contributed by atoms with Crippen molar-refractivity contribution in [3.63, 3.8) is 0 Å². The largest absolute Gasteiger partial charge is 0.481 e. The number of aliphatic carboxylic acids is 1. The van der Waals surface area contributed by atoms with Crippen molar-refractivity contribution >= 4 is 11.8 Å². The molecule has 1 aromatic rings. The summed E-state index contributed by atoms with van der Waals surface area (Å²) >= 11 is 0. The van der Waals surface area contributed by atoms with Crippen LogP contribution in [0.4, 0.5) is 0 Å². The van der Waals surface area contributed by atoms with Crippen molar-refractivity contribution in [1.82, 2.24) is 9.97 Å². The molecule has 1 unspecified atom stereocenters. The van der Waals surface area contributed by atoms with Gasteiger partial charge in [0.1, 0.15) is 5.92 Å². The highest BCUT2D eigenvalue weighted by molar-refractivity contribution is 6.05. The molecule has 70 valence electrons. The quantitative estimate of drug-likeness (QED) is 0.530. The SMILES string of the molecule is CCC(C(=O)O)C(=O)c1ncc[nH]1. The van der Waals surface area contributed by atoms with Crippen LogP contribution in [0.15, 0.2) is 12.4 Å². The van der Waals surface area contributed by atoms with E-state index in [9.17, 15) is 9.59 Å². The Kier molecular flexibility index (Phi) is 2.79. The first-order valence-corrected chi connectivity index (χ1v) is 3.93. The minimum absolute atomic E-state index is 0.106. The third kappa shape index (κ3) is 1.93. The Balaban J connectivity index is 2.83. The third-order valence-corrected chi connectivity index (χ3v) is 1.75. The van der Waals surface area contributed by atoms with Crippen LogP contribution in [0, 0.1) is 5.92 Å². The molecule has 0 radical (unpaired) electrons. The van der Waals surface area contributed by atoms with Crippen molar-refractivity contribution in [1.29, 1.82) is 0 Å². The Morgan fingerprint density at radius 2 is 2.38 bits per heavy atom. The van der Waals surface area contributed by atoms with Gasteiger partial charge in [-0.2, -0.15) is 0 Å².